The first-order chi connectivity index (χ1) is 7.72. The van der Waals surface area contributed by atoms with Crippen molar-refractivity contribution in [1.82, 2.24) is 0 Å². The van der Waals surface area contributed by atoms with Crippen molar-refractivity contribution >= 4 is 15.9 Å². The van der Waals surface area contributed by atoms with E-state index < -0.39 is 0 Å². The summed E-state index contributed by atoms with van der Waals surface area (Å²) >= 11 is 3.50. The summed E-state index contributed by atoms with van der Waals surface area (Å²) in [6.07, 6.45) is 0.900. The molecular weight excluding hydrogens is 272 g/mol. The Bertz CT molecular complexity index is 379. The lowest BCUT2D eigenvalue weighted by molar-refractivity contribution is 0.272. The molecule has 1 heterocycles. The zero-order valence-electron chi connectivity index (χ0n) is 9.20. The Morgan fingerprint density at radius 1 is 1.31 bits per heavy atom. The zero-order chi connectivity index (χ0) is 11.5. The van der Waals surface area contributed by atoms with Crippen LogP contribution in [0.1, 0.15) is 24.8 Å². The Kier molecular flexibility index (Phi) is 3.71. The van der Waals surface area contributed by atoms with E-state index in [2.05, 4.69) is 15.9 Å². The molecule has 0 aliphatic carbocycles. The van der Waals surface area contributed by atoms with Gasteiger partial charge in [0.05, 0.1) is 13.2 Å². The second kappa shape index (κ2) is 5.06. The van der Waals surface area contributed by atoms with Gasteiger partial charge in [0.2, 0.25) is 0 Å². The van der Waals surface area contributed by atoms with Gasteiger partial charge in [-0.05, 0) is 17.7 Å². The molecule has 4 heteroatoms. The summed E-state index contributed by atoms with van der Waals surface area (Å²) in [5, 5.41) is 9.18. The first-order valence-electron chi connectivity index (χ1n) is 5.42. The Labute approximate surface area is 104 Å². The Morgan fingerprint density at radius 3 is 2.56 bits per heavy atom. The van der Waals surface area contributed by atoms with Crippen LogP contribution in [-0.4, -0.2) is 24.9 Å². The number of aliphatic hydroxyl groups is 1. The maximum absolute atomic E-state index is 9.18. The number of aliphatic hydroxyl groups excluding tert-OH is 1. The summed E-state index contributed by atoms with van der Waals surface area (Å²) in [5.41, 5.74) is 1.05. The smallest absolute Gasteiger partial charge is 0.162 e. The molecule has 3 nitrogen and oxygen atoms in total. The molecule has 88 valence electrons. The van der Waals surface area contributed by atoms with Gasteiger partial charge < -0.3 is 14.6 Å². The summed E-state index contributed by atoms with van der Waals surface area (Å²) in [5.74, 6) is 1.64. The summed E-state index contributed by atoms with van der Waals surface area (Å²) in [6, 6.07) is 3.87. The SMILES string of the molecule is CC(CO)c1cc2c(cc1Br)OCCCO2. The van der Waals surface area contributed by atoms with Crippen LogP contribution >= 0.6 is 15.9 Å². The highest BCUT2D eigenvalue weighted by Gasteiger charge is 2.16. The average Bonchev–Trinajstić information content (AvgIpc) is 2.51. The van der Waals surface area contributed by atoms with E-state index in [1.807, 2.05) is 19.1 Å². The molecule has 1 aliphatic heterocycles. The lowest BCUT2D eigenvalue weighted by Crippen LogP contribution is -2.01. The van der Waals surface area contributed by atoms with E-state index in [1.165, 1.54) is 0 Å². The van der Waals surface area contributed by atoms with Crippen LogP contribution in [0.2, 0.25) is 0 Å². The summed E-state index contributed by atoms with van der Waals surface area (Å²) < 4.78 is 12.1. The minimum atomic E-state index is 0.0894. The minimum absolute atomic E-state index is 0.0894. The molecule has 0 saturated heterocycles. The van der Waals surface area contributed by atoms with Crippen molar-refractivity contribution < 1.29 is 14.6 Å². The van der Waals surface area contributed by atoms with Crippen molar-refractivity contribution in [3.05, 3.63) is 22.2 Å². The topological polar surface area (TPSA) is 38.7 Å². The van der Waals surface area contributed by atoms with Gasteiger partial charge in [0.15, 0.2) is 11.5 Å². The molecule has 1 atom stereocenters. The van der Waals surface area contributed by atoms with E-state index in [9.17, 15) is 5.11 Å². The first-order valence-corrected chi connectivity index (χ1v) is 6.21. The van der Waals surface area contributed by atoms with Crippen molar-refractivity contribution in [2.24, 2.45) is 0 Å². The lowest BCUT2D eigenvalue weighted by Gasteiger charge is -2.15. The van der Waals surface area contributed by atoms with E-state index >= 15 is 0 Å². The number of fused-ring (bicyclic) bond motifs is 1. The predicted octanol–water partition coefficient (Wildman–Crippen LogP) is 2.71. The van der Waals surface area contributed by atoms with Gasteiger partial charge in [-0.15, -0.1) is 0 Å². The molecule has 0 spiro atoms. The maximum Gasteiger partial charge on any atom is 0.162 e. The second-order valence-electron chi connectivity index (χ2n) is 3.95. The van der Waals surface area contributed by atoms with Crippen molar-refractivity contribution in [1.29, 1.82) is 0 Å². The fourth-order valence-corrected chi connectivity index (χ4v) is 2.39. The van der Waals surface area contributed by atoms with Crippen molar-refractivity contribution in [3.8, 4) is 11.5 Å². The second-order valence-corrected chi connectivity index (χ2v) is 4.81. The van der Waals surface area contributed by atoms with Crippen LogP contribution in [0.4, 0.5) is 0 Å². The molecule has 0 aromatic heterocycles. The van der Waals surface area contributed by atoms with Gasteiger partial charge in [-0.1, -0.05) is 22.9 Å². The third-order valence-electron chi connectivity index (χ3n) is 2.67. The van der Waals surface area contributed by atoms with E-state index in [1.54, 1.807) is 0 Å². The number of benzene rings is 1. The highest BCUT2D eigenvalue weighted by molar-refractivity contribution is 9.10. The number of rotatable bonds is 2. The van der Waals surface area contributed by atoms with Crippen molar-refractivity contribution in [3.63, 3.8) is 0 Å². The average molecular weight is 287 g/mol. The number of ether oxygens (including phenoxy) is 2. The maximum atomic E-state index is 9.18. The van der Waals surface area contributed by atoms with Gasteiger partial charge in [0.1, 0.15) is 0 Å². The molecule has 0 bridgehead atoms. The largest absolute Gasteiger partial charge is 0.490 e. The molecule has 16 heavy (non-hydrogen) atoms. The normalized spacial score (nSPS) is 16.7. The van der Waals surface area contributed by atoms with Crippen LogP contribution in [0.25, 0.3) is 0 Å². The van der Waals surface area contributed by atoms with Crippen LogP contribution in [0.3, 0.4) is 0 Å². The van der Waals surface area contributed by atoms with E-state index in [0.717, 1.165) is 28.0 Å². The van der Waals surface area contributed by atoms with Crippen LogP contribution in [0.5, 0.6) is 11.5 Å². The van der Waals surface area contributed by atoms with E-state index in [-0.39, 0.29) is 12.5 Å². The van der Waals surface area contributed by atoms with E-state index in [0.29, 0.717) is 13.2 Å². The van der Waals surface area contributed by atoms with Crippen molar-refractivity contribution in [2.45, 2.75) is 19.3 Å². The van der Waals surface area contributed by atoms with Gasteiger partial charge in [0.25, 0.3) is 0 Å². The molecular formula is C12H15BrO3. The summed E-state index contributed by atoms with van der Waals surface area (Å²) in [4.78, 5) is 0. The highest BCUT2D eigenvalue weighted by atomic mass is 79.9. The molecule has 1 aromatic carbocycles. The lowest BCUT2D eigenvalue weighted by atomic mass is 10.0. The number of halogens is 1. The molecule has 0 amide bonds. The van der Waals surface area contributed by atoms with Crippen LogP contribution in [0, 0.1) is 0 Å². The monoisotopic (exact) mass is 286 g/mol. The summed E-state index contributed by atoms with van der Waals surface area (Å²) in [6.45, 7) is 3.47. The van der Waals surface area contributed by atoms with E-state index in [4.69, 9.17) is 9.47 Å². The Balaban J connectivity index is 2.38. The number of hydrogen-bond donors (Lipinski definition) is 1. The third kappa shape index (κ3) is 2.33. The fraction of sp³-hybridized carbons (Fsp3) is 0.500. The number of hydrogen-bond acceptors (Lipinski definition) is 3. The molecule has 0 radical (unpaired) electrons. The predicted molar refractivity (Wildman–Crippen MR) is 65.2 cm³/mol. The molecule has 1 aliphatic rings. The van der Waals surface area contributed by atoms with Gasteiger partial charge >= 0.3 is 0 Å². The van der Waals surface area contributed by atoms with Gasteiger partial charge in [0, 0.05) is 23.4 Å². The van der Waals surface area contributed by atoms with Gasteiger partial charge in [-0.25, -0.2) is 0 Å². The molecule has 1 N–H and O–H groups in total. The third-order valence-corrected chi connectivity index (χ3v) is 3.36. The highest BCUT2D eigenvalue weighted by Crippen LogP contribution is 2.37. The van der Waals surface area contributed by atoms with Gasteiger partial charge in [-0.2, -0.15) is 0 Å². The first kappa shape index (κ1) is 11.7. The fourth-order valence-electron chi connectivity index (χ4n) is 1.68. The van der Waals surface area contributed by atoms with Crippen LogP contribution in [-0.2, 0) is 0 Å². The molecule has 0 saturated carbocycles. The van der Waals surface area contributed by atoms with Gasteiger partial charge in [-0.3, -0.25) is 0 Å². The summed E-state index contributed by atoms with van der Waals surface area (Å²) in [7, 11) is 0. The standard InChI is InChI=1S/C12H15BrO3/c1-8(7-14)9-5-11-12(6-10(9)13)16-4-2-3-15-11/h5-6,8,14H,2-4,7H2,1H3. The Hall–Kier alpha value is -0.740. The Morgan fingerprint density at radius 2 is 1.94 bits per heavy atom. The molecule has 1 aromatic rings. The minimum Gasteiger partial charge on any atom is -0.490 e. The van der Waals surface area contributed by atoms with Crippen LogP contribution in [0.15, 0.2) is 16.6 Å². The zero-order valence-corrected chi connectivity index (χ0v) is 10.8. The molecule has 2 rings (SSSR count). The van der Waals surface area contributed by atoms with Crippen molar-refractivity contribution in [2.75, 3.05) is 19.8 Å². The quantitative estimate of drug-likeness (QED) is 0.909. The molecule has 0 fully saturated rings. The van der Waals surface area contributed by atoms with Crippen LogP contribution < -0.4 is 9.47 Å². The molecule has 1 unspecified atom stereocenters.